The summed E-state index contributed by atoms with van der Waals surface area (Å²) >= 11 is 1.24. The normalized spacial score (nSPS) is 16.3. The van der Waals surface area contributed by atoms with Crippen LogP contribution in [0.4, 0.5) is 4.39 Å². The van der Waals surface area contributed by atoms with Gasteiger partial charge in [0.2, 0.25) is 0 Å². The number of benzene rings is 1. The number of nitroso groups, excluding NO2 is 1. The molecule has 0 saturated heterocycles. The molecule has 1 aromatic heterocycles. The summed E-state index contributed by atoms with van der Waals surface area (Å²) in [5, 5.41) is 26.5. The lowest BCUT2D eigenvalue weighted by Gasteiger charge is -2.28. The highest BCUT2D eigenvalue weighted by molar-refractivity contribution is 8.01. The van der Waals surface area contributed by atoms with E-state index in [0.717, 1.165) is 6.07 Å². The average molecular weight is 365 g/mol. The largest absolute Gasteiger partial charge is 0.537 e. The van der Waals surface area contributed by atoms with Crippen molar-refractivity contribution in [3.8, 4) is 5.75 Å². The molecule has 3 rings (SSSR count). The lowest BCUT2D eigenvalue weighted by Crippen LogP contribution is -2.41. The molecule has 0 amide bonds. The zero-order chi connectivity index (χ0) is 18.1. The fourth-order valence-corrected chi connectivity index (χ4v) is 3.85. The Balaban J connectivity index is 1.91. The van der Waals surface area contributed by atoms with Gasteiger partial charge < -0.3 is 14.8 Å². The van der Waals surface area contributed by atoms with Crippen LogP contribution in [0.25, 0.3) is 0 Å². The molecule has 2 heterocycles. The standard InChI is InChI=1S/C14H13BFN3O5S/c1-19-13(8(5-17-19)6-18-23)25-10-4-7-2-3-9(16)11(14(20)21)12(7)24-15(10)22/h2-3,5,10,22H,4,6H2,1H3,(H,20,21)/t10-/m0/s1. The third kappa shape index (κ3) is 3.24. The molecule has 130 valence electrons. The van der Waals surface area contributed by atoms with Gasteiger partial charge >= 0.3 is 13.1 Å². The molecule has 0 fully saturated rings. The van der Waals surface area contributed by atoms with Crippen molar-refractivity contribution in [2.24, 2.45) is 12.2 Å². The van der Waals surface area contributed by atoms with Crippen molar-refractivity contribution >= 4 is 24.8 Å². The number of hydrogen-bond donors (Lipinski definition) is 2. The van der Waals surface area contributed by atoms with Crippen LogP contribution in [0.15, 0.2) is 28.5 Å². The second kappa shape index (κ2) is 6.85. The van der Waals surface area contributed by atoms with Gasteiger partial charge in [-0.3, -0.25) is 4.68 Å². The number of carbonyl (C=O) groups is 1. The lowest BCUT2D eigenvalue weighted by molar-refractivity contribution is 0.0689. The number of aromatic nitrogens is 2. The zero-order valence-electron chi connectivity index (χ0n) is 13.0. The van der Waals surface area contributed by atoms with Crippen molar-refractivity contribution in [2.45, 2.75) is 23.1 Å². The van der Waals surface area contributed by atoms with E-state index in [-0.39, 0.29) is 18.7 Å². The van der Waals surface area contributed by atoms with Crippen LogP contribution in [0.5, 0.6) is 5.75 Å². The Kier molecular flexibility index (Phi) is 4.77. The van der Waals surface area contributed by atoms with Crippen LogP contribution in [-0.4, -0.2) is 38.1 Å². The van der Waals surface area contributed by atoms with Crippen molar-refractivity contribution in [1.82, 2.24) is 9.78 Å². The van der Waals surface area contributed by atoms with Gasteiger partial charge in [-0.1, -0.05) is 11.2 Å². The second-order valence-corrected chi connectivity index (χ2v) is 6.70. The molecule has 0 saturated carbocycles. The van der Waals surface area contributed by atoms with Crippen molar-refractivity contribution in [3.63, 3.8) is 0 Å². The van der Waals surface area contributed by atoms with Gasteiger partial charge in [0, 0.05) is 12.6 Å². The van der Waals surface area contributed by atoms with E-state index in [1.807, 2.05) is 0 Å². The quantitative estimate of drug-likeness (QED) is 0.612. The Hall–Kier alpha value is -2.40. The van der Waals surface area contributed by atoms with E-state index in [1.54, 1.807) is 11.7 Å². The number of hydrogen-bond acceptors (Lipinski definition) is 7. The first-order chi connectivity index (χ1) is 11.9. The molecule has 11 heteroatoms. The minimum atomic E-state index is -1.46. The van der Waals surface area contributed by atoms with Gasteiger partial charge in [0.15, 0.2) is 0 Å². The van der Waals surface area contributed by atoms with Crippen LogP contribution in [0.2, 0.25) is 0 Å². The summed E-state index contributed by atoms with van der Waals surface area (Å²) in [6.45, 7) is -0.0508. The Morgan fingerprint density at radius 2 is 2.36 bits per heavy atom. The van der Waals surface area contributed by atoms with E-state index in [4.69, 9.17) is 9.76 Å². The van der Waals surface area contributed by atoms with Gasteiger partial charge in [0.1, 0.15) is 23.7 Å². The van der Waals surface area contributed by atoms with Gasteiger partial charge in [-0.15, -0.1) is 11.8 Å². The first-order valence-corrected chi connectivity index (χ1v) is 8.16. The number of nitrogens with zero attached hydrogens (tertiary/aromatic N) is 3. The molecule has 0 spiro atoms. The van der Waals surface area contributed by atoms with E-state index in [9.17, 15) is 19.1 Å². The molecule has 0 radical (unpaired) electrons. The lowest BCUT2D eigenvalue weighted by atomic mass is 9.77. The molecule has 1 aliphatic heterocycles. The molecular weight excluding hydrogens is 352 g/mol. The predicted octanol–water partition coefficient (Wildman–Crippen LogP) is 1.64. The maximum atomic E-state index is 13.7. The number of carboxylic acids is 1. The summed E-state index contributed by atoms with van der Waals surface area (Å²) in [4.78, 5) is 21.8. The topological polar surface area (TPSA) is 114 Å². The molecule has 2 aromatic rings. The highest BCUT2D eigenvalue weighted by Gasteiger charge is 2.39. The van der Waals surface area contributed by atoms with E-state index in [2.05, 4.69) is 10.3 Å². The Bertz CT molecular complexity index is 846. The fourth-order valence-electron chi connectivity index (χ4n) is 2.66. The number of rotatable bonds is 5. The van der Waals surface area contributed by atoms with Crippen LogP contribution < -0.4 is 4.65 Å². The molecular formula is C14H13BFN3O5S. The Labute approximate surface area is 146 Å². The summed E-state index contributed by atoms with van der Waals surface area (Å²) in [5.41, 5.74) is 0.510. The first kappa shape index (κ1) is 17.4. The molecule has 0 bridgehead atoms. The SMILES string of the molecule is Cn1ncc(CN=O)c1S[C@H]1Cc2ccc(F)c(C(=O)O)c2OB1O. The minimum Gasteiger partial charge on any atom is -0.535 e. The third-order valence-corrected chi connectivity index (χ3v) is 5.29. The van der Waals surface area contributed by atoms with Crippen molar-refractivity contribution in [2.75, 3.05) is 0 Å². The van der Waals surface area contributed by atoms with Crippen LogP contribution in [-0.2, 0) is 20.0 Å². The molecule has 25 heavy (non-hydrogen) atoms. The monoisotopic (exact) mass is 365 g/mol. The maximum absolute atomic E-state index is 13.7. The summed E-state index contributed by atoms with van der Waals surface area (Å²) in [6, 6.07) is 2.50. The number of aryl methyl sites for hydroxylation is 1. The molecule has 0 aliphatic carbocycles. The van der Waals surface area contributed by atoms with E-state index >= 15 is 0 Å². The van der Waals surface area contributed by atoms with Crippen LogP contribution >= 0.6 is 11.8 Å². The highest BCUT2D eigenvalue weighted by atomic mass is 32.2. The summed E-state index contributed by atoms with van der Waals surface area (Å²) in [5.74, 6) is -2.54. The number of thioether (sulfide) groups is 1. The smallest absolute Gasteiger partial charge is 0.535 e. The molecule has 1 aliphatic rings. The first-order valence-electron chi connectivity index (χ1n) is 7.28. The van der Waals surface area contributed by atoms with Crippen molar-refractivity contribution in [1.29, 1.82) is 0 Å². The predicted molar refractivity (Wildman–Crippen MR) is 88.0 cm³/mol. The average Bonchev–Trinajstić information content (AvgIpc) is 2.89. The maximum Gasteiger partial charge on any atom is 0.537 e. The van der Waals surface area contributed by atoms with Gasteiger partial charge in [-0.2, -0.15) is 10.0 Å². The molecule has 8 nitrogen and oxygen atoms in total. The number of aromatic carboxylic acids is 1. The summed E-state index contributed by atoms with van der Waals surface area (Å²) < 4.78 is 20.6. The Morgan fingerprint density at radius 1 is 1.60 bits per heavy atom. The zero-order valence-corrected chi connectivity index (χ0v) is 13.9. The van der Waals surface area contributed by atoms with Crippen LogP contribution in [0.1, 0.15) is 21.5 Å². The number of fused-ring (bicyclic) bond motifs is 1. The second-order valence-electron chi connectivity index (χ2n) is 5.47. The highest BCUT2D eigenvalue weighted by Crippen LogP contribution is 2.38. The number of carboxylic acid groups (broad SMARTS) is 1. The minimum absolute atomic E-state index is 0.0508. The van der Waals surface area contributed by atoms with Gasteiger partial charge in [0.25, 0.3) is 0 Å². The Morgan fingerprint density at radius 3 is 3.04 bits per heavy atom. The molecule has 1 aromatic carbocycles. The van der Waals surface area contributed by atoms with Crippen molar-refractivity contribution in [3.05, 3.63) is 45.7 Å². The van der Waals surface area contributed by atoms with Crippen molar-refractivity contribution < 1.29 is 24.0 Å². The third-order valence-electron chi connectivity index (χ3n) is 3.83. The summed E-state index contributed by atoms with van der Waals surface area (Å²) in [6.07, 6.45) is 1.78. The molecule has 0 unspecified atom stereocenters. The van der Waals surface area contributed by atoms with Crippen LogP contribution in [0.3, 0.4) is 0 Å². The fraction of sp³-hybridized carbons (Fsp3) is 0.286. The molecule has 1 atom stereocenters. The van der Waals surface area contributed by atoms with E-state index in [0.29, 0.717) is 16.2 Å². The molecule has 2 N–H and O–H groups in total. The van der Waals surface area contributed by atoms with Gasteiger partial charge in [-0.05, 0) is 18.1 Å². The van der Waals surface area contributed by atoms with Crippen LogP contribution in [0, 0.1) is 10.7 Å². The summed E-state index contributed by atoms with van der Waals surface area (Å²) in [7, 11) is 0.350. The van der Waals surface area contributed by atoms with E-state index < -0.39 is 29.6 Å². The van der Waals surface area contributed by atoms with Gasteiger partial charge in [-0.25, -0.2) is 9.18 Å². The van der Waals surface area contributed by atoms with Gasteiger partial charge in [0.05, 0.1) is 16.4 Å². The van der Waals surface area contributed by atoms with E-state index in [1.165, 1.54) is 24.0 Å². The number of halogens is 1.